The number of hydrogen-bond donors (Lipinski definition) is 0. The van der Waals surface area contributed by atoms with Gasteiger partial charge < -0.3 is 14.4 Å². The predicted molar refractivity (Wildman–Crippen MR) is 116 cm³/mol. The Balaban J connectivity index is 0.00000265. The van der Waals surface area contributed by atoms with E-state index in [2.05, 4.69) is 10.3 Å². The molecule has 0 radical (unpaired) electrons. The molecule has 0 fully saturated rings. The molecule has 6 nitrogen and oxygen atoms in total. The van der Waals surface area contributed by atoms with Gasteiger partial charge in [0.2, 0.25) is 0 Å². The topological polar surface area (TPSA) is 69.5 Å². The highest BCUT2D eigenvalue weighted by Gasteiger charge is 2.37. The standard InChI is InChI=1S/C21H20F4N2O4.C2H6/c1-12-7-5-9-15(19(27-30-4)20(28)29-3)16(12)11-31-26-13(2)14-8-6-10-17(22)18(14)21(23,24)25;1-2/h5-10H,11H2,1-4H3;1-2H3/b26-13+,27-19+;. The number of hydrogen-bond acceptors (Lipinski definition) is 6. The minimum Gasteiger partial charge on any atom is -0.464 e. The molecule has 2 aromatic carbocycles. The molecular weight excluding hydrogens is 444 g/mol. The highest BCUT2D eigenvalue weighted by Crippen LogP contribution is 2.34. The highest BCUT2D eigenvalue weighted by molar-refractivity contribution is 6.43. The van der Waals surface area contributed by atoms with E-state index in [1.165, 1.54) is 21.1 Å². The molecule has 2 aromatic rings. The molecule has 2 rings (SSSR count). The van der Waals surface area contributed by atoms with Gasteiger partial charge in [-0.3, -0.25) is 0 Å². The van der Waals surface area contributed by atoms with E-state index in [1.54, 1.807) is 25.1 Å². The first-order chi connectivity index (χ1) is 15.6. The minimum atomic E-state index is -4.90. The number of rotatable bonds is 7. The van der Waals surface area contributed by atoms with Crippen LogP contribution in [-0.4, -0.2) is 31.6 Å². The summed E-state index contributed by atoms with van der Waals surface area (Å²) in [5.74, 6) is -2.15. The van der Waals surface area contributed by atoms with E-state index in [0.29, 0.717) is 16.7 Å². The van der Waals surface area contributed by atoms with Crippen LogP contribution in [0.5, 0.6) is 0 Å². The Hall–Kier alpha value is -3.43. The molecule has 0 N–H and O–H groups in total. The van der Waals surface area contributed by atoms with Gasteiger partial charge in [-0.1, -0.05) is 54.5 Å². The Morgan fingerprint density at radius 2 is 1.61 bits per heavy atom. The first-order valence-electron chi connectivity index (χ1n) is 9.92. The molecule has 10 heteroatoms. The molecule has 0 aliphatic heterocycles. The SMILES string of the molecule is CC.CO/N=C(/C(=O)OC)c1cccc(C)c1CO/N=C(\C)c1cccc(F)c1C(F)(F)F. The highest BCUT2D eigenvalue weighted by atomic mass is 19.4. The molecule has 33 heavy (non-hydrogen) atoms. The number of benzene rings is 2. The van der Waals surface area contributed by atoms with Crippen molar-refractivity contribution in [2.75, 3.05) is 14.2 Å². The second kappa shape index (κ2) is 12.6. The molecule has 0 atom stereocenters. The second-order valence-corrected chi connectivity index (χ2v) is 6.33. The lowest BCUT2D eigenvalue weighted by molar-refractivity contribution is -0.140. The van der Waals surface area contributed by atoms with Gasteiger partial charge in [-0.15, -0.1) is 0 Å². The van der Waals surface area contributed by atoms with Crippen molar-refractivity contribution in [2.45, 2.75) is 40.5 Å². The van der Waals surface area contributed by atoms with Crippen LogP contribution in [0.25, 0.3) is 0 Å². The summed E-state index contributed by atoms with van der Waals surface area (Å²) in [6.07, 6.45) is -4.90. The van der Waals surface area contributed by atoms with Gasteiger partial charge in [0.1, 0.15) is 25.1 Å². The van der Waals surface area contributed by atoms with E-state index < -0.39 is 29.1 Å². The molecule has 0 aliphatic rings. The summed E-state index contributed by atoms with van der Waals surface area (Å²) < 4.78 is 58.2. The maximum absolute atomic E-state index is 13.8. The van der Waals surface area contributed by atoms with Gasteiger partial charge in [0, 0.05) is 16.7 Å². The number of aryl methyl sites for hydroxylation is 1. The monoisotopic (exact) mass is 470 g/mol. The summed E-state index contributed by atoms with van der Waals surface area (Å²) in [5, 5.41) is 7.41. The average Bonchev–Trinajstić information content (AvgIpc) is 2.78. The van der Waals surface area contributed by atoms with Crippen LogP contribution in [0, 0.1) is 12.7 Å². The molecule has 0 spiro atoms. The number of alkyl halides is 3. The smallest absolute Gasteiger partial charge is 0.419 e. The van der Waals surface area contributed by atoms with Crippen molar-refractivity contribution in [2.24, 2.45) is 10.3 Å². The van der Waals surface area contributed by atoms with Crippen LogP contribution >= 0.6 is 0 Å². The van der Waals surface area contributed by atoms with E-state index in [4.69, 9.17) is 14.4 Å². The molecule has 0 bridgehead atoms. The molecule has 0 aliphatic carbocycles. The lowest BCUT2D eigenvalue weighted by Crippen LogP contribution is -2.20. The van der Waals surface area contributed by atoms with Crippen LogP contribution in [0.3, 0.4) is 0 Å². The van der Waals surface area contributed by atoms with Crippen molar-refractivity contribution < 1.29 is 36.8 Å². The van der Waals surface area contributed by atoms with E-state index in [9.17, 15) is 22.4 Å². The van der Waals surface area contributed by atoms with Gasteiger partial charge in [-0.2, -0.15) is 13.2 Å². The number of oxime groups is 2. The maximum Gasteiger partial charge on any atom is 0.419 e. The fraction of sp³-hybridized carbons (Fsp3) is 0.348. The third kappa shape index (κ3) is 7.03. The van der Waals surface area contributed by atoms with Gasteiger partial charge in [-0.25, -0.2) is 9.18 Å². The summed E-state index contributed by atoms with van der Waals surface area (Å²) >= 11 is 0. The van der Waals surface area contributed by atoms with Gasteiger partial charge in [0.05, 0.1) is 12.8 Å². The molecule has 0 unspecified atom stereocenters. The number of carbonyl (C=O) groups is 1. The quantitative estimate of drug-likeness (QED) is 0.227. The number of esters is 1. The number of nitrogens with zero attached hydrogens (tertiary/aromatic N) is 2. The first-order valence-corrected chi connectivity index (χ1v) is 9.92. The fourth-order valence-electron chi connectivity index (χ4n) is 2.86. The lowest BCUT2D eigenvalue weighted by atomic mass is 9.99. The maximum atomic E-state index is 13.8. The Labute approximate surface area is 189 Å². The Kier molecular flexibility index (Phi) is 10.5. The molecule has 0 aromatic heterocycles. The molecule has 0 saturated heterocycles. The number of halogens is 4. The second-order valence-electron chi connectivity index (χ2n) is 6.33. The van der Waals surface area contributed by atoms with E-state index >= 15 is 0 Å². The summed E-state index contributed by atoms with van der Waals surface area (Å²) in [5.41, 5.74) is -0.581. The van der Waals surface area contributed by atoms with Gasteiger partial charge in [-0.05, 0) is 25.5 Å². The Morgan fingerprint density at radius 3 is 2.18 bits per heavy atom. The van der Waals surface area contributed by atoms with Crippen molar-refractivity contribution in [3.05, 3.63) is 70.0 Å². The van der Waals surface area contributed by atoms with Crippen LogP contribution < -0.4 is 0 Å². The summed E-state index contributed by atoms with van der Waals surface area (Å²) in [4.78, 5) is 22.0. The molecule has 0 amide bonds. The van der Waals surface area contributed by atoms with Crippen molar-refractivity contribution in [1.29, 1.82) is 0 Å². The lowest BCUT2D eigenvalue weighted by Gasteiger charge is -2.14. The predicted octanol–water partition coefficient (Wildman–Crippen LogP) is 5.64. The summed E-state index contributed by atoms with van der Waals surface area (Å²) in [6, 6.07) is 8.00. The van der Waals surface area contributed by atoms with Crippen molar-refractivity contribution in [3.63, 3.8) is 0 Å². The zero-order chi connectivity index (χ0) is 25.2. The van der Waals surface area contributed by atoms with Crippen molar-refractivity contribution in [3.8, 4) is 0 Å². The van der Waals surface area contributed by atoms with E-state index in [-0.39, 0.29) is 18.0 Å². The van der Waals surface area contributed by atoms with Crippen molar-refractivity contribution in [1.82, 2.24) is 0 Å². The van der Waals surface area contributed by atoms with Crippen molar-refractivity contribution >= 4 is 17.4 Å². The van der Waals surface area contributed by atoms with Crippen LogP contribution in [0.2, 0.25) is 0 Å². The van der Waals surface area contributed by atoms with Crippen LogP contribution in [0.4, 0.5) is 17.6 Å². The van der Waals surface area contributed by atoms with Crippen LogP contribution in [0.1, 0.15) is 48.6 Å². The van der Waals surface area contributed by atoms with Gasteiger partial charge in [0.25, 0.3) is 0 Å². The summed E-state index contributed by atoms with van der Waals surface area (Å²) in [7, 11) is 2.45. The Morgan fingerprint density at radius 1 is 1.00 bits per heavy atom. The first kappa shape index (κ1) is 27.6. The van der Waals surface area contributed by atoms with Crippen LogP contribution in [0.15, 0.2) is 46.7 Å². The zero-order valence-electron chi connectivity index (χ0n) is 19.2. The Bertz CT molecular complexity index is 1020. The van der Waals surface area contributed by atoms with E-state index in [0.717, 1.165) is 18.2 Å². The van der Waals surface area contributed by atoms with Gasteiger partial charge >= 0.3 is 12.1 Å². The molecule has 180 valence electrons. The fourth-order valence-corrected chi connectivity index (χ4v) is 2.86. The molecular formula is C23H26F4N2O4. The van der Waals surface area contributed by atoms with Gasteiger partial charge in [0.15, 0.2) is 5.71 Å². The normalized spacial score (nSPS) is 11.9. The largest absolute Gasteiger partial charge is 0.464 e. The third-order valence-electron chi connectivity index (χ3n) is 4.32. The number of carbonyl (C=O) groups excluding carboxylic acids is 1. The molecule has 0 heterocycles. The number of ether oxygens (including phenoxy) is 1. The van der Waals surface area contributed by atoms with Crippen LogP contribution in [-0.2, 0) is 32.0 Å². The minimum absolute atomic E-state index is 0.113. The summed E-state index contributed by atoms with van der Waals surface area (Å²) in [6.45, 7) is 6.82. The van der Waals surface area contributed by atoms with E-state index in [1.807, 2.05) is 13.8 Å². The average molecular weight is 470 g/mol. The zero-order valence-corrected chi connectivity index (χ0v) is 19.2. The molecule has 0 saturated carbocycles. The third-order valence-corrected chi connectivity index (χ3v) is 4.32. The number of methoxy groups -OCH3 is 1.